The molecule has 1 saturated heterocycles. The maximum atomic E-state index is 10.9. The Kier molecular flexibility index (Phi) is 4.80. The number of hydrogen-bond acceptors (Lipinski definition) is 9. The number of imidazole rings is 1. The fourth-order valence-electron chi connectivity index (χ4n) is 2.44. The van der Waals surface area contributed by atoms with Crippen molar-refractivity contribution in [2.75, 3.05) is 17.0 Å². The molecule has 0 radical (unpaired) electrons. The Morgan fingerprint density at radius 2 is 2.04 bits per heavy atom. The van der Waals surface area contributed by atoms with Gasteiger partial charge >= 0.3 is 7.60 Å². The van der Waals surface area contributed by atoms with Crippen LogP contribution in [-0.2, 0) is 9.30 Å². The van der Waals surface area contributed by atoms with Crippen LogP contribution in [0, 0.1) is 0 Å². The Balaban J connectivity index is 1.77. The molecule has 13 heteroatoms. The molecule has 0 bridgehead atoms. The first-order valence-electron chi connectivity index (χ1n) is 6.85. The van der Waals surface area contributed by atoms with Crippen molar-refractivity contribution in [1.82, 2.24) is 19.5 Å². The summed E-state index contributed by atoms with van der Waals surface area (Å²) in [6.45, 7) is 0. The molecular formula is C11H16N5O6PS. The van der Waals surface area contributed by atoms with E-state index in [1.54, 1.807) is 0 Å². The number of aliphatic hydroxyl groups is 2. The van der Waals surface area contributed by atoms with Gasteiger partial charge in [0.05, 0.1) is 17.9 Å². The Morgan fingerprint density at radius 3 is 2.75 bits per heavy atom. The minimum atomic E-state index is -4.14. The molecule has 3 heterocycles. The van der Waals surface area contributed by atoms with Crippen LogP contribution >= 0.6 is 19.4 Å². The molecule has 4 atom stereocenters. The molecule has 1 aliphatic heterocycles. The van der Waals surface area contributed by atoms with E-state index in [9.17, 15) is 14.8 Å². The van der Waals surface area contributed by atoms with Gasteiger partial charge in [-0.25, -0.2) is 15.0 Å². The lowest BCUT2D eigenvalue weighted by molar-refractivity contribution is -0.0288. The van der Waals surface area contributed by atoms with Crippen LogP contribution in [-0.4, -0.2) is 69.1 Å². The van der Waals surface area contributed by atoms with E-state index in [1.165, 1.54) is 17.2 Å². The van der Waals surface area contributed by atoms with E-state index in [1.807, 2.05) is 0 Å². The zero-order chi connectivity index (χ0) is 17.5. The molecule has 0 amide bonds. The zero-order valence-corrected chi connectivity index (χ0v) is 13.9. The van der Waals surface area contributed by atoms with E-state index in [4.69, 9.17) is 20.3 Å². The van der Waals surface area contributed by atoms with Crippen molar-refractivity contribution in [2.45, 2.75) is 24.5 Å². The van der Waals surface area contributed by atoms with Crippen molar-refractivity contribution < 1.29 is 29.3 Å². The van der Waals surface area contributed by atoms with Gasteiger partial charge in [-0.1, -0.05) is 0 Å². The number of anilines is 1. The van der Waals surface area contributed by atoms with Crippen molar-refractivity contribution in [3.8, 4) is 0 Å². The minimum absolute atomic E-state index is 0.115. The van der Waals surface area contributed by atoms with Gasteiger partial charge in [0.1, 0.15) is 24.1 Å². The Hall–Kier alpha value is -1.27. The lowest BCUT2D eigenvalue weighted by Crippen LogP contribution is -2.32. The van der Waals surface area contributed by atoms with E-state index < -0.39 is 37.6 Å². The number of nitrogens with zero attached hydrogens (tertiary/aromatic N) is 4. The molecule has 0 aliphatic carbocycles. The van der Waals surface area contributed by atoms with Crippen molar-refractivity contribution in [2.24, 2.45) is 0 Å². The summed E-state index contributed by atoms with van der Waals surface area (Å²) in [5.41, 5.74) is 6.01. The summed E-state index contributed by atoms with van der Waals surface area (Å²) in [4.78, 5) is 29.7. The van der Waals surface area contributed by atoms with E-state index in [0.29, 0.717) is 11.2 Å². The van der Waals surface area contributed by atoms with Crippen LogP contribution in [0.1, 0.15) is 6.23 Å². The van der Waals surface area contributed by atoms with E-state index in [2.05, 4.69) is 15.0 Å². The molecular weight excluding hydrogens is 361 g/mol. The van der Waals surface area contributed by atoms with E-state index in [-0.39, 0.29) is 11.6 Å². The average molecular weight is 377 g/mol. The summed E-state index contributed by atoms with van der Waals surface area (Å²) in [5, 5.41) is 20.3. The van der Waals surface area contributed by atoms with E-state index in [0.717, 1.165) is 11.8 Å². The normalized spacial score (nSPS) is 27.8. The summed E-state index contributed by atoms with van der Waals surface area (Å²) < 4.78 is 17.9. The Bertz CT molecular complexity index is 783. The lowest BCUT2D eigenvalue weighted by atomic mass is 10.1. The summed E-state index contributed by atoms with van der Waals surface area (Å²) in [5.74, 6) is 0.296. The summed E-state index contributed by atoms with van der Waals surface area (Å²) >= 11 is 0.939. The molecule has 1 fully saturated rings. The smallest absolute Gasteiger partial charge is 0.335 e. The predicted molar refractivity (Wildman–Crippen MR) is 85.0 cm³/mol. The second-order valence-corrected chi connectivity index (χ2v) is 8.40. The standard InChI is InChI=1S/C11H16N5O6PS/c12-9-6-10(14-2-13-9)16(3-15-6)11-8(18)7(17)5(22-11)1-24-4-23(19,20)21/h2-3,5,7-8,11,17-18H,1,4H2,(H2,12,13,14)(H2,19,20,21)/t5-,7-,8-,11-/m1/s1. The molecule has 11 nitrogen and oxygen atoms in total. The average Bonchev–Trinajstić information content (AvgIpc) is 3.03. The molecule has 0 unspecified atom stereocenters. The number of ether oxygens (including phenoxy) is 1. The van der Waals surface area contributed by atoms with Gasteiger partial charge in [0.2, 0.25) is 0 Å². The zero-order valence-electron chi connectivity index (χ0n) is 12.2. The number of thioether (sulfide) groups is 1. The molecule has 24 heavy (non-hydrogen) atoms. The molecule has 0 saturated carbocycles. The fourth-order valence-corrected chi connectivity index (χ4v) is 4.32. The molecule has 132 valence electrons. The highest BCUT2D eigenvalue weighted by Crippen LogP contribution is 2.40. The maximum absolute atomic E-state index is 10.9. The van der Waals surface area contributed by atoms with Gasteiger partial charge in [0.15, 0.2) is 17.7 Å². The van der Waals surface area contributed by atoms with Gasteiger partial charge in [-0.05, 0) is 0 Å². The van der Waals surface area contributed by atoms with Crippen molar-refractivity contribution >= 4 is 36.3 Å². The quantitative estimate of drug-likeness (QED) is 0.399. The highest BCUT2D eigenvalue weighted by Gasteiger charge is 2.44. The molecule has 6 N–H and O–H groups in total. The van der Waals surface area contributed by atoms with Crippen LogP contribution in [0.15, 0.2) is 12.7 Å². The topological polar surface area (TPSA) is 177 Å². The molecule has 0 aromatic carbocycles. The van der Waals surface area contributed by atoms with Gasteiger partial charge < -0.3 is 30.5 Å². The molecule has 1 aliphatic rings. The van der Waals surface area contributed by atoms with Crippen LogP contribution in [0.5, 0.6) is 0 Å². The van der Waals surface area contributed by atoms with Gasteiger partial charge in [-0.15, -0.1) is 11.8 Å². The van der Waals surface area contributed by atoms with Crippen LogP contribution in [0.3, 0.4) is 0 Å². The molecule has 3 rings (SSSR count). The number of aliphatic hydroxyl groups excluding tert-OH is 2. The number of hydrogen-bond donors (Lipinski definition) is 5. The third-order valence-electron chi connectivity index (χ3n) is 3.54. The first-order chi connectivity index (χ1) is 11.3. The lowest BCUT2D eigenvalue weighted by Gasteiger charge is -2.16. The summed E-state index contributed by atoms with van der Waals surface area (Å²) in [6, 6.07) is 0. The van der Waals surface area contributed by atoms with Crippen molar-refractivity contribution in [1.29, 1.82) is 0 Å². The fraction of sp³-hybridized carbons (Fsp3) is 0.545. The maximum Gasteiger partial charge on any atom is 0.335 e. The van der Waals surface area contributed by atoms with Crippen molar-refractivity contribution in [3.63, 3.8) is 0 Å². The Morgan fingerprint density at radius 1 is 1.29 bits per heavy atom. The van der Waals surface area contributed by atoms with Crippen LogP contribution in [0.2, 0.25) is 0 Å². The SMILES string of the molecule is Nc1ncnc2c1ncn2[C@@H]1O[C@H](CSCP(=O)(O)O)[C@@H](O)[C@H]1O. The number of rotatable bonds is 5. The molecule has 2 aromatic heterocycles. The van der Waals surface area contributed by atoms with Crippen LogP contribution in [0.25, 0.3) is 11.2 Å². The second-order valence-electron chi connectivity index (χ2n) is 5.29. The highest BCUT2D eigenvalue weighted by atomic mass is 32.2. The summed E-state index contributed by atoms with van der Waals surface area (Å²) in [7, 11) is -4.14. The molecule has 2 aromatic rings. The van der Waals surface area contributed by atoms with Gasteiger partial charge in [0.25, 0.3) is 0 Å². The second kappa shape index (κ2) is 6.56. The third kappa shape index (κ3) is 3.40. The Labute approximate surface area is 140 Å². The van der Waals surface area contributed by atoms with Crippen LogP contribution < -0.4 is 5.73 Å². The van der Waals surface area contributed by atoms with Gasteiger partial charge in [-0.2, -0.15) is 0 Å². The number of aromatic nitrogens is 4. The number of nitrogen functional groups attached to an aromatic ring is 1. The monoisotopic (exact) mass is 377 g/mol. The number of fused-ring (bicyclic) bond motifs is 1. The first-order valence-corrected chi connectivity index (χ1v) is 9.80. The number of nitrogens with two attached hydrogens (primary N) is 1. The van der Waals surface area contributed by atoms with Gasteiger partial charge in [-0.3, -0.25) is 9.13 Å². The largest absolute Gasteiger partial charge is 0.387 e. The highest BCUT2D eigenvalue weighted by molar-refractivity contribution is 8.04. The summed E-state index contributed by atoms with van der Waals surface area (Å²) in [6.07, 6.45) is -1.57. The van der Waals surface area contributed by atoms with Gasteiger partial charge in [0, 0.05) is 5.75 Å². The first kappa shape index (κ1) is 17.5. The predicted octanol–water partition coefficient (Wildman–Crippen LogP) is -1.10. The van der Waals surface area contributed by atoms with E-state index >= 15 is 0 Å². The third-order valence-corrected chi connectivity index (χ3v) is 6.18. The minimum Gasteiger partial charge on any atom is -0.387 e. The van der Waals surface area contributed by atoms with Crippen LogP contribution in [0.4, 0.5) is 5.82 Å². The molecule has 0 spiro atoms. The van der Waals surface area contributed by atoms with Crippen molar-refractivity contribution in [3.05, 3.63) is 12.7 Å².